The number of halogens is 1. The van der Waals surface area contributed by atoms with Crippen molar-refractivity contribution in [2.45, 2.75) is 51.0 Å². The Morgan fingerprint density at radius 3 is 2.73 bits per heavy atom. The Labute approximate surface area is 164 Å². The van der Waals surface area contributed by atoms with E-state index in [0.717, 1.165) is 30.7 Å². The lowest BCUT2D eigenvalue weighted by Crippen LogP contribution is -2.39. The number of hydrogen-bond donors (Lipinski definition) is 0. The second kappa shape index (κ2) is 7.08. The fourth-order valence-electron chi connectivity index (χ4n) is 4.83. The maximum absolute atomic E-state index is 12.7. The number of thioether (sulfide) groups is 1. The largest absolute Gasteiger partial charge is 0.452 e. The molecule has 1 aliphatic carbocycles. The van der Waals surface area contributed by atoms with Crippen molar-refractivity contribution in [3.8, 4) is 0 Å². The van der Waals surface area contributed by atoms with Crippen molar-refractivity contribution < 1.29 is 14.3 Å². The van der Waals surface area contributed by atoms with Gasteiger partial charge < -0.3 is 9.64 Å². The normalized spacial score (nSPS) is 26.7. The summed E-state index contributed by atoms with van der Waals surface area (Å²) in [6.07, 6.45) is 5.09. The molecule has 26 heavy (non-hydrogen) atoms. The van der Waals surface area contributed by atoms with Gasteiger partial charge in [0.1, 0.15) is 0 Å². The fourth-order valence-corrected chi connectivity index (χ4v) is 5.46. The average Bonchev–Trinajstić information content (AvgIpc) is 2.81. The first kappa shape index (κ1) is 19.6. The molecule has 2 bridgehead atoms. The van der Waals surface area contributed by atoms with Crippen LogP contribution in [0, 0.1) is 10.8 Å². The van der Waals surface area contributed by atoms with E-state index in [1.807, 2.05) is 17.2 Å². The van der Waals surface area contributed by atoms with Crippen molar-refractivity contribution in [3.05, 3.63) is 28.8 Å². The monoisotopic (exact) mass is 395 g/mol. The molecule has 1 amide bonds. The molecule has 0 aromatic heterocycles. The predicted molar refractivity (Wildman–Crippen MR) is 105 cm³/mol. The number of rotatable bonds is 4. The van der Waals surface area contributed by atoms with Crippen molar-refractivity contribution in [2.75, 3.05) is 19.4 Å². The number of ether oxygens (including phenoxy) is 1. The number of benzene rings is 1. The number of amides is 1. The molecule has 0 radical (unpaired) electrons. The van der Waals surface area contributed by atoms with Gasteiger partial charge in [-0.15, -0.1) is 11.8 Å². The van der Waals surface area contributed by atoms with Crippen LogP contribution in [-0.2, 0) is 9.53 Å². The third-order valence-corrected chi connectivity index (χ3v) is 6.51. The fraction of sp³-hybridized carbons (Fsp3) is 0.600. The number of likely N-dealkylation sites (tertiary alicyclic amines) is 1. The van der Waals surface area contributed by atoms with Crippen molar-refractivity contribution in [1.29, 1.82) is 0 Å². The third kappa shape index (κ3) is 4.04. The van der Waals surface area contributed by atoms with Crippen LogP contribution in [0.1, 0.15) is 50.4 Å². The lowest BCUT2D eigenvalue weighted by atomic mass is 9.65. The van der Waals surface area contributed by atoms with E-state index in [2.05, 4.69) is 20.8 Å². The van der Waals surface area contributed by atoms with Crippen molar-refractivity contribution in [2.24, 2.45) is 10.8 Å². The summed E-state index contributed by atoms with van der Waals surface area (Å²) in [6.45, 7) is 7.32. The van der Waals surface area contributed by atoms with Crippen LogP contribution in [0.25, 0.3) is 0 Å². The van der Waals surface area contributed by atoms with Crippen molar-refractivity contribution in [1.82, 2.24) is 4.90 Å². The highest BCUT2D eigenvalue weighted by atomic mass is 35.5. The van der Waals surface area contributed by atoms with Crippen LogP contribution in [0.15, 0.2) is 23.1 Å². The van der Waals surface area contributed by atoms with Gasteiger partial charge in [-0.2, -0.15) is 0 Å². The first-order valence-corrected chi connectivity index (χ1v) is 10.5. The lowest BCUT2D eigenvalue weighted by Gasteiger charge is -2.39. The molecule has 2 fully saturated rings. The molecular weight excluding hydrogens is 370 g/mol. The average molecular weight is 396 g/mol. The van der Waals surface area contributed by atoms with E-state index in [1.165, 1.54) is 11.8 Å². The minimum atomic E-state index is -0.548. The second-order valence-corrected chi connectivity index (χ2v) is 9.94. The van der Waals surface area contributed by atoms with Crippen LogP contribution in [0.2, 0.25) is 5.02 Å². The van der Waals surface area contributed by atoms with Crippen molar-refractivity contribution >= 4 is 35.2 Å². The molecule has 1 aromatic carbocycles. The topological polar surface area (TPSA) is 46.6 Å². The van der Waals surface area contributed by atoms with Crippen LogP contribution < -0.4 is 0 Å². The molecule has 0 unspecified atom stereocenters. The SMILES string of the molecule is CSc1ccc(Cl)c(C(=O)OCC(=O)N2C[C@@]3(C)C[C@@H]2CC(C)(C)C3)c1. The van der Waals surface area contributed by atoms with E-state index < -0.39 is 5.97 Å². The summed E-state index contributed by atoms with van der Waals surface area (Å²) in [4.78, 5) is 27.9. The Balaban J connectivity index is 1.64. The summed E-state index contributed by atoms with van der Waals surface area (Å²) < 4.78 is 5.29. The van der Waals surface area contributed by atoms with Gasteiger partial charge in [-0.05, 0) is 54.5 Å². The maximum Gasteiger partial charge on any atom is 0.340 e. The van der Waals surface area contributed by atoms with E-state index in [4.69, 9.17) is 16.3 Å². The van der Waals surface area contributed by atoms with Crippen LogP contribution in [-0.4, -0.2) is 42.2 Å². The third-order valence-electron chi connectivity index (χ3n) is 5.46. The second-order valence-electron chi connectivity index (χ2n) is 8.66. The summed E-state index contributed by atoms with van der Waals surface area (Å²) in [5.74, 6) is -0.658. The zero-order chi connectivity index (χ0) is 19.1. The van der Waals surface area contributed by atoms with E-state index in [1.54, 1.807) is 12.1 Å². The van der Waals surface area contributed by atoms with Gasteiger partial charge in [0.25, 0.3) is 5.91 Å². The van der Waals surface area contributed by atoms with E-state index in [-0.39, 0.29) is 29.4 Å². The smallest absolute Gasteiger partial charge is 0.340 e. The molecule has 1 heterocycles. The Morgan fingerprint density at radius 2 is 2.04 bits per heavy atom. The minimum absolute atomic E-state index is 0.109. The summed E-state index contributed by atoms with van der Waals surface area (Å²) in [5.41, 5.74) is 0.719. The molecule has 1 saturated heterocycles. The highest BCUT2D eigenvalue weighted by molar-refractivity contribution is 7.98. The van der Waals surface area contributed by atoms with Gasteiger partial charge in [-0.3, -0.25) is 4.79 Å². The van der Waals surface area contributed by atoms with E-state index >= 15 is 0 Å². The summed E-state index contributed by atoms with van der Waals surface area (Å²) in [5, 5.41) is 0.339. The van der Waals surface area contributed by atoms with Gasteiger partial charge in [-0.25, -0.2) is 4.79 Å². The van der Waals surface area contributed by atoms with Gasteiger partial charge in [0.2, 0.25) is 0 Å². The minimum Gasteiger partial charge on any atom is -0.452 e. The molecule has 142 valence electrons. The molecule has 0 spiro atoms. The number of esters is 1. The van der Waals surface area contributed by atoms with Gasteiger partial charge in [-0.1, -0.05) is 32.4 Å². The molecule has 1 saturated carbocycles. The highest BCUT2D eigenvalue weighted by Gasteiger charge is 2.50. The van der Waals surface area contributed by atoms with E-state index in [9.17, 15) is 9.59 Å². The standard InChI is InChI=1S/C20H26ClNO3S/c1-19(2)8-13-9-20(3,11-19)12-22(13)17(23)10-25-18(24)15-7-14(26-4)5-6-16(15)21/h5-7,13H,8-12H2,1-4H3/t13-,20-/m0/s1. The molecule has 6 heteroatoms. The molecule has 4 nitrogen and oxygen atoms in total. The zero-order valence-corrected chi connectivity index (χ0v) is 17.4. The first-order chi connectivity index (χ1) is 12.1. The Morgan fingerprint density at radius 1 is 1.31 bits per heavy atom. The molecule has 2 atom stereocenters. The summed E-state index contributed by atoms with van der Waals surface area (Å²) in [7, 11) is 0. The van der Waals surface area contributed by atoms with Gasteiger partial charge in [0, 0.05) is 17.5 Å². The molecular formula is C20H26ClNO3S. The van der Waals surface area contributed by atoms with Crippen LogP contribution in [0.4, 0.5) is 0 Å². The number of carbonyl (C=O) groups is 2. The molecule has 2 aliphatic rings. The maximum atomic E-state index is 12.7. The molecule has 3 rings (SSSR count). The lowest BCUT2D eigenvalue weighted by molar-refractivity contribution is -0.135. The summed E-state index contributed by atoms with van der Waals surface area (Å²) >= 11 is 7.63. The van der Waals surface area contributed by atoms with Gasteiger partial charge in [0.15, 0.2) is 6.61 Å². The highest BCUT2D eigenvalue weighted by Crippen LogP contribution is 2.52. The van der Waals surface area contributed by atoms with Crippen LogP contribution >= 0.6 is 23.4 Å². The van der Waals surface area contributed by atoms with Crippen LogP contribution in [0.5, 0.6) is 0 Å². The molecule has 1 aromatic rings. The number of fused-ring (bicyclic) bond motifs is 2. The quantitative estimate of drug-likeness (QED) is 0.550. The zero-order valence-electron chi connectivity index (χ0n) is 15.8. The van der Waals surface area contributed by atoms with Gasteiger partial charge >= 0.3 is 5.97 Å². The Hall–Kier alpha value is -1.20. The van der Waals surface area contributed by atoms with Crippen molar-refractivity contribution in [3.63, 3.8) is 0 Å². The van der Waals surface area contributed by atoms with E-state index in [0.29, 0.717) is 10.6 Å². The first-order valence-electron chi connectivity index (χ1n) is 8.93. The number of nitrogens with zero attached hydrogens (tertiary/aromatic N) is 1. The molecule has 0 N–H and O–H groups in total. The number of carbonyl (C=O) groups excluding carboxylic acids is 2. The predicted octanol–water partition coefficient (Wildman–Crippen LogP) is 4.65. The molecule has 1 aliphatic heterocycles. The number of hydrogen-bond acceptors (Lipinski definition) is 4. The van der Waals surface area contributed by atoms with Gasteiger partial charge in [0.05, 0.1) is 10.6 Å². The van der Waals surface area contributed by atoms with Crippen LogP contribution in [0.3, 0.4) is 0 Å². The summed E-state index contributed by atoms with van der Waals surface area (Å²) in [6, 6.07) is 5.48. The Bertz CT molecular complexity index is 736. The Kier molecular flexibility index (Phi) is 5.33.